The molecule has 14 heavy (non-hydrogen) atoms. The molecule has 1 fully saturated rings. The van der Waals surface area contributed by atoms with E-state index >= 15 is 0 Å². The van der Waals surface area contributed by atoms with E-state index in [2.05, 4.69) is 16.9 Å². The van der Waals surface area contributed by atoms with Gasteiger partial charge >= 0.3 is 0 Å². The van der Waals surface area contributed by atoms with Gasteiger partial charge < -0.3 is 5.73 Å². The Bertz CT molecular complexity index is 311. The zero-order chi connectivity index (χ0) is 9.97. The van der Waals surface area contributed by atoms with Crippen molar-refractivity contribution in [1.82, 2.24) is 9.97 Å². The van der Waals surface area contributed by atoms with Crippen LogP contribution in [-0.2, 0) is 6.54 Å². The maximum Gasteiger partial charge on any atom is 0.131 e. The fourth-order valence-corrected chi connectivity index (χ4v) is 2.16. The molecule has 3 heteroatoms. The lowest BCUT2D eigenvalue weighted by Gasteiger charge is -2.08. The van der Waals surface area contributed by atoms with Crippen molar-refractivity contribution in [2.75, 3.05) is 0 Å². The molecule has 76 valence electrons. The second kappa shape index (κ2) is 4.05. The minimum Gasteiger partial charge on any atom is -0.325 e. The molecule has 1 aromatic rings. The Balaban J connectivity index is 2.15. The molecule has 0 radical (unpaired) electrons. The van der Waals surface area contributed by atoms with Gasteiger partial charge in [0.05, 0.1) is 5.69 Å². The third-order valence-corrected chi connectivity index (χ3v) is 3.00. The Hall–Kier alpha value is -0.960. The molecule has 0 amide bonds. The van der Waals surface area contributed by atoms with Crippen molar-refractivity contribution in [2.45, 2.75) is 38.6 Å². The highest BCUT2D eigenvalue weighted by Gasteiger charge is 2.24. The van der Waals surface area contributed by atoms with Gasteiger partial charge in [-0.2, -0.15) is 0 Å². The van der Waals surface area contributed by atoms with Crippen LogP contribution in [0.25, 0.3) is 0 Å². The van der Waals surface area contributed by atoms with E-state index in [1.165, 1.54) is 19.3 Å². The molecule has 2 N–H and O–H groups in total. The molecule has 1 heterocycles. The number of hydrogen-bond acceptors (Lipinski definition) is 3. The normalized spacial score (nSPS) is 26.7. The summed E-state index contributed by atoms with van der Waals surface area (Å²) in [7, 11) is 0. The average molecular weight is 191 g/mol. The van der Waals surface area contributed by atoms with Gasteiger partial charge in [0, 0.05) is 18.7 Å². The van der Waals surface area contributed by atoms with E-state index in [1.807, 2.05) is 12.3 Å². The van der Waals surface area contributed by atoms with Crippen LogP contribution in [0.1, 0.15) is 43.6 Å². The second-order valence-corrected chi connectivity index (χ2v) is 4.23. The van der Waals surface area contributed by atoms with E-state index in [9.17, 15) is 0 Å². The van der Waals surface area contributed by atoms with E-state index in [-0.39, 0.29) is 0 Å². The summed E-state index contributed by atoms with van der Waals surface area (Å²) in [6.07, 6.45) is 5.59. The minimum absolute atomic E-state index is 0.512. The first-order valence-corrected chi connectivity index (χ1v) is 5.31. The van der Waals surface area contributed by atoms with Crippen LogP contribution in [0.3, 0.4) is 0 Å². The molecule has 1 aliphatic rings. The van der Waals surface area contributed by atoms with Crippen molar-refractivity contribution in [3.63, 3.8) is 0 Å². The molecule has 0 bridgehead atoms. The molecule has 3 nitrogen and oxygen atoms in total. The summed E-state index contributed by atoms with van der Waals surface area (Å²) >= 11 is 0. The Kier molecular flexibility index (Phi) is 2.77. The Labute approximate surface area is 84.8 Å². The number of nitrogens with two attached hydrogens (primary N) is 1. The summed E-state index contributed by atoms with van der Waals surface area (Å²) in [6, 6.07) is 1.89. The minimum atomic E-state index is 0.512. The largest absolute Gasteiger partial charge is 0.325 e. The third kappa shape index (κ3) is 1.93. The van der Waals surface area contributed by atoms with Gasteiger partial charge in [-0.05, 0) is 31.2 Å². The van der Waals surface area contributed by atoms with Crippen LogP contribution < -0.4 is 5.73 Å². The smallest absolute Gasteiger partial charge is 0.131 e. The van der Waals surface area contributed by atoms with Crippen molar-refractivity contribution in [3.8, 4) is 0 Å². The molecule has 1 aliphatic carbocycles. The predicted molar refractivity (Wildman–Crippen MR) is 55.7 cm³/mol. The van der Waals surface area contributed by atoms with Gasteiger partial charge in [-0.15, -0.1) is 0 Å². The SMILES string of the molecule is CC1CCC(c2nccc(CN)n2)C1. The van der Waals surface area contributed by atoms with Gasteiger partial charge in [-0.3, -0.25) is 0 Å². The van der Waals surface area contributed by atoms with Crippen molar-refractivity contribution in [2.24, 2.45) is 11.7 Å². The second-order valence-electron chi connectivity index (χ2n) is 4.23. The third-order valence-electron chi connectivity index (χ3n) is 3.00. The molecular weight excluding hydrogens is 174 g/mol. The Morgan fingerprint density at radius 2 is 2.36 bits per heavy atom. The lowest BCUT2D eigenvalue weighted by atomic mass is 10.1. The predicted octanol–water partition coefficient (Wildman–Crippen LogP) is 1.84. The topological polar surface area (TPSA) is 51.8 Å². The van der Waals surface area contributed by atoms with Gasteiger partial charge in [0.2, 0.25) is 0 Å². The first-order chi connectivity index (χ1) is 6.79. The molecule has 0 aromatic carbocycles. The number of aromatic nitrogens is 2. The van der Waals surface area contributed by atoms with Gasteiger partial charge in [0.1, 0.15) is 5.82 Å². The van der Waals surface area contributed by atoms with Crippen molar-refractivity contribution in [1.29, 1.82) is 0 Å². The van der Waals surface area contributed by atoms with Gasteiger partial charge in [-0.1, -0.05) is 6.92 Å². The van der Waals surface area contributed by atoms with E-state index in [4.69, 9.17) is 5.73 Å². The molecule has 0 spiro atoms. The Morgan fingerprint density at radius 3 is 3.00 bits per heavy atom. The molecule has 0 aliphatic heterocycles. The summed E-state index contributed by atoms with van der Waals surface area (Å²) in [6.45, 7) is 2.81. The van der Waals surface area contributed by atoms with Crippen molar-refractivity contribution >= 4 is 0 Å². The standard InChI is InChI=1S/C11H17N3/c1-8-2-3-9(6-8)11-13-5-4-10(7-12)14-11/h4-5,8-9H,2-3,6-7,12H2,1H3. The van der Waals surface area contributed by atoms with Gasteiger partial charge in [0.15, 0.2) is 0 Å². The molecule has 1 saturated carbocycles. The van der Waals surface area contributed by atoms with Crippen LogP contribution >= 0.6 is 0 Å². The van der Waals surface area contributed by atoms with Gasteiger partial charge in [0.25, 0.3) is 0 Å². The summed E-state index contributed by atoms with van der Waals surface area (Å²) in [5.74, 6) is 2.39. The van der Waals surface area contributed by atoms with E-state index in [1.54, 1.807) is 0 Å². The molecule has 2 rings (SSSR count). The molecular formula is C11H17N3. The monoisotopic (exact) mass is 191 g/mol. The highest BCUT2D eigenvalue weighted by Crippen LogP contribution is 2.36. The summed E-state index contributed by atoms with van der Waals surface area (Å²) in [4.78, 5) is 8.81. The number of nitrogens with zero attached hydrogens (tertiary/aromatic N) is 2. The molecule has 2 atom stereocenters. The fraction of sp³-hybridized carbons (Fsp3) is 0.636. The maximum atomic E-state index is 5.55. The lowest BCUT2D eigenvalue weighted by Crippen LogP contribution is -2.06. The Morgan fingerprint density at radius 1 is 1.50 bits per heavy atom. The highest BCUT2D eigenvalue weighted by molar-refractivity contribution is 5.06. The van der Waals surface area contributed by atoms with Crippen LogP contribution in [0.15, 0.2) is 12.3 Å². The van der Waals surface area contributed by atoms with E-state index in [0.29, 0.717) is 12.5 Å². The van der Waals surface area contributed by atoms with Crippen molar-refractivity contribution in [3.05, 3.63) is 23.8 Å². The van der Waals surface area contributed by atoms with Crippen molar-refractivity contribution < 1.29 is 0 Å². The number of rotatable bonds is 2. The van der Waals surface area contributed by atoms with Crippen LogP contribution in [0.2, 0.25) is 0 Å². The lowest BCUT2D eigenvalue weighted by molar-refractivity contribution is 0.583. The summed E-state index contributed by atoms with van der Waals surface area (Å²) in [5.41, 5.74) is 6.51. The average Bonchev–Trinajstić information content (AvgIpc) is 2.65. The first kappa shape index (κ1) is 9.59. The molecule has 0 saturated heterocycles. The first-order valence-electron chi connectivity index (χ1n) is 5.31. The highest BCUT2D eigenvalue weighted by atomic mass is 14.9. The summed E-state index contributed by atoms with van der Waals surface area (Å²) in [5, 5.41) is 0. The van der Waals surface area contributed by atoms with E-state index < -0.39 is 0 Å². The van der Waals surface area contributed by atoms with Crippen LogP contribution in [-0.4, -0.2) is 9.97 Å². The van der Waals surface area contributed by atoms with E-state index in [0.717, 1.165) is 17.4 Å². The van der Waals surface area contributed by atoms with Crippen LogP contribution in [0.5, 0.6) is 0 Å². The van der Waals surface area contributed by atoms with Gasteiger partial charge in [-0.25, -0.2) is 9.97 Å². The fourth-order valence-electron chi connectivity index (χ4n) is 2.16. The molecule has 2 unspecified atom stereocenters. The maximum absolute atomic E-state index is 5.55. The van der Waals surface area contributed by atoms with Crippen LogP contribution in [0, 0.1) is 5.92 Å². The quantitative estimate of drug-likeness (QED) is 0.776. The molecule has 1 aromatic heterocycles. The zero-order valence-corrected chi connectivity index (χ0v) is 8.61. The zero-order valence-electron chi connectivity index (χ0n) is 8.61. The van der Waals surface area contributed by atoms with Crippen LogP contribution in [0.4, 0.5) is 0 Å². The summed E-state index contributed by atoms with van der Waals surface area (Å²) < 4.78 is 0. The number of hydrogen-bond donors (Lipinski definition) is 1.